The number of halogens is 1. The van der Waals surface area contributed by atoms with Crippen molar-refractivity contribution in [2.24, 2.45) is 5.73 Å². The predicted molar refractivity (Wildman–Crippen MR) is 86.4 cm³/mol. The summed E-state index contributed by atoms with van der Waals surface area (Å²) in [6.45, 7) is 0. The second-order valence-corrected chi connectivity index (χ2v) is 5.82. The lowest BCUT2D eigenvalue weighted by atomic mass is 10.1. The molecule has 4 nitrogen and oxygen atoms in total. The molecule has 0 saturated heterocycles. The van der Waals surface area contributed by atoms with Crippen LogP contribution in [0.3, 0.4) is 0 Å². The molecule has 1 aromatic heterocycles. The van der Waals surface area contributed by atoms with E-state index >= 15 is 0 Å². The summed E-state index contributed by atoms with van der Waals surface area (Å²) in [5, 5.41) is 1.51. The summed E-state index contributed by atoms with van der Waals surface area (Å²) in [6, 6.07) is 9.12. The Morgan fingerprint density at radius 1 is 1.24 bits per heavy atom. The molecule has 0 saturated carbocycles. The quantitative estimate of drug-likeness (QED) is 0.824. The second kappa shape index (κ2) is 7.54. The standard InChI is InChI=1S/C15H17ClN2O2S/c1-19-11-4-5-14(20-2)12(7-11)13(17)9-21-15-6-3-10(16)8-18-15/h3-8,13H,9,17H2,1-2H3. The first kappa shape index (κ1) is 15.9. The minimum absolute atomic E-state index is 0.183. The zero-order chi connectivity index (χ0) is 15.2. The number of methoxy groups -OCH3 is 2. The average molecular weight is 325 g/mol. The number of nitrogens with two attached hydrogens (primary N) is 1. The van der Waals surface area contributed by atoms with Crippen LogP contribution in [0.2, 0.25) is 5.02 Å². The lowest BCUT2D eigenvalue weighted by Gasteiger charge is -2.16. The van der Waals surface area contributed by atoms with Gasteiger partial charge in [-0.2, -0.15) is 0 Å². The third-order valence-electron chi connectivity index (χ3n) is 2.95. The van der Waals surface area contributed by atoms with Gasteiger partial charge < -0.3 is 15.2 Å². The molecule has 1 atom stereocenters. The Morgan fingerprint density at radius 2 is 2.05 bits per heavy atom. The molecule has 0 aliphatic heterocycles. The zero-order valence-corrected chi connectivity index (χ0v) is 13.4. The van der Waals surface area contributed by atoms with Gasteiger partial charge in [-0.15, -0.1) is 11.8 Å². The number of aromatic nitrogens is 1. The predicted octanol–water partition coefficient (Wildman–Crippen LogP) is 3.54. The van der Waals surface area contributed by atoms with Gasteiger partial charge in [0, 0.05) is 23.6 Å². The van der Waals surface area contributed by atoms with Gasteiger partial charge in [-0.05, 0) is 30.3 Å². The largest absolute Gasteiger partial charge is 0.497 e. The Hall–Kier alpha value is -1.43. The maximum Gasteiger partial charge on any atom is 0.123 e. The van der Waals surface area contributed by atoms with Crippen molar-refractivity contribution in [1.29, 1.82) is 0 Å². The van der Waals surface area contributed by atoms with E-state index in [9.17, 15) is 0 Å². The highest BCUT2D eigenvalue weighted by Crippen LogP contribution is 2.31. The van der Waals surface area contributed by atoms with Crippen LogP contribution >= 0.6 is 23.4 Å². The van der Waals surface area contributed by atoms with Crippen LogP contribution in [0.4, 0.5) is 0 Å². The van der Waals surface area contributed by atoms with E-state index in [0.29, 0.717) is 10.8 Å². The van der Waals surface area contributed by atoms with Crippen molar-refractivity contribution in [3.05, 3.63) is 47.1 Å². The number of hydrogen-bond donors (Lipinski definition) is 1. The van der Waals surface area contributed by atoms with Gasteiger partial charge in [0.2, 0.25) is 0 Å². The molecule has 1 aromatic carbocycles. The molecular formula is C15H17ClN2O2S. The molecule has 2 aromatic rings. The first-order chi connectivity index (χ1) is 10.1. The van der Waals surface area contributed by atoms with Crippen molar-refractivity contribution in [2.45, 2.75) is 11.1 Å². The molecule has 112 valence electrons. The van der Waals surface area contributed by atoms with Crippen molar-refractivity contribution in [3.63, 3.8) is 0 Å². The summed E-state index contributed by atoms with van der Waals surface area (Å²) in [6.07, 6.45) is 1.63. The molecule has 0 fully saturated rings. The fourth-order valence-corrected chi connectivity index (χ4v) is 2.77. The summed E-state index contributed by atoms with van der Waals surface area (Å²) in [4.78, 5) is 4.24. The fraction of sp³-hybridized carbons (Fsp3) is 0.267. The summed E-state index contributed by atoms with van der Waals surface area (Å²) in [5.41, 5.74) is 7.18. The van der Waals surface area contributed by atoms with E-state index in [-0.39, 0.29) is 6.04 Å². The molecule has 21 heavy (non-hydrogen) atoms. The number of nitrogens with zero attached hydrogens (tertiary/aromatic N) is 1. The molecule has 6 heteroatoms. The van der Waals surface area contributed by atoms with Crippen molar-refractivity contribution in [1.82, 2.24) is 4.98 Å². The van der Waals surface area contributed by atoms with E-state index in [0.717, 1.165) is 22.1 Å². The molecular weight excluding hydrogens is 308 g/mol. The van der Waals surface area contributed by atoms with Crippen LogP contribution < -0.4 is 15.2 Å². The molecule has 0 spiro atoms. The van der Waals surface area contributed by atoms with Crippen molar-refractivity contribution >= 4 is 23.4 Å². The Morgan fingerprint density at radius 3 is 2.67 bits per heavy atom. The number of rotatable bonds is 6. The third kappa shape index (κ3) is 4.27. The SMILES string of the molecule is COc1ccc(OC)c(C(N)CSc2ccc(Cl)cn2)c1. The minimum atomic E-state index is -0.183. The lowest BCUT2D eigenvalue weighted by molar-refractivity contribution is 0.396. The molecule has 2 rings (SSSR count). The number of pyridine rings is 1. The number of thioether (sulfide) groups is 1. The van der Waals surface area contributed by atoms with Crippen LogP contribution in [0.15, 0.2) is 41.6 Å². The number of benzene rings is 1. The summed E-state index contributed by atoms with van der Waals surface area (Å²) >= 11 is 7.39. The highest BCUT2D eigenvalue weighted by molar-refractivity contribution is 7.99. The van der Waals surface area contributed by atoms with Gasteiger partial charge in [-0.3, -0.25) is 0 Å². The Kier molecular flexibility index (Phi) is 5.73. The van der Waals surface area contributed by atoms with Crippen LogP contribution in [-0.4, -0.2) is 25.0 Å². The molecule has 0 aliphatic carbocycles. The van der Waals surface area contributed by atoms with Gasteiger partial charge in [0.15, 0.2) is 0 Å². The summed E-state index contributed by atoms with van der Waals surface area (Å²) in [7, 11) is 3.26. The normalized spacial score (nSPS) is 12.0. The van der Waals surface area contributed by atoms with E-state index in [1.807, 2.05) is 30.3 Å². The van der Waals surface area contributed by atoms with Crippen molar-refractivity contribution < 1.29 is 9.47 Å². The average Bonchev–Trinajstić information content (AvgIpc) is 2.53. The van der Waals surface area contributed by atoms with E-state index in [4.69, 9.17) is 26.8 Å². The Labute approximate surface area is 133 Å². The van der Waals surface area contributed by atoms with Crippen LogP contribution in [0.5, 0.6) is 11.5 Å². The van der Waals surface area contributed by atoms with Gasteiger partial charge in [0.05, 0.1) is 24.3 Å². The molecule has 1 heterocycles. The Bertz CT molecular complexity index is 593. The Balaban J connectivity index is 2.08. The number of hydrogen-bond acceptors (Lipinski definition) is 5. The van der Waals surface area contributed by atoms with Crippen molar-refractivity contribution in [2.75, 3.05) is 20.0 Å². The third-order valence-corrected chi connectivity index (χ3v) is 4.23. The zero-order valence-electron chi connectivity index (χ0n) is 11.9. The molecule has 0 aliphatic rings. The van der Waals surface area contributed by atoms with Gasteiger partial charge in [-0.1, -0.05) is 11.6 Å². The van der Waals surface area contributed by atoms with Crippen LogP contribution in [0.1, 0.15) is 11.6 Å². The highest BCUT2D eigenvalue weighted by atomic mass is 35.5. The van der Waals surface area contributed by atoms with Gasteiger partial charge in [0.25, 0.3) is 0 Å². The minimum Gasteiger partial charge on any atom is -0.497 e. The lowest BCUT2D eigenvalue weighted by Crippen LogP contribution is -2.14. The number of ether oxygens (including phenoxy) is 2. The first-order valence-corrected chi connectivity index (χ1v) is 7.72. The second-order valence-electron chi connectivity index (χ2n) is 4.34. The molecule has 1 unspecified atom stereocenters. The van der Waals surface area contributed by atoms with Crippen LogP contribution in [-0.2, 0) is 0 Å². The van der Waals surface area contributed by atoms with Gasteiger partial charge in [-0.25, -0.2) is 4.98 Å². The van der Waals surface area contributed by atoms with E-state index in [2.05, 4.69) is 4.98 Å². The van der Waals surface area contributed by atoms with Crippen molar-refractivity contribution in [3.8, 4) is 11.5 Å². The molecule has 0 radical (unpaired) electrons. The maximum absolute atomic E-state index is 6.26. The van der Waals surface area contributed by atoms with Crippen LogP contribution in [0, 0.1) is 0 Å². The van der Waals surface area contributed by atoms with E-state index < -0.39 is 0 Å². The maximum atomic E-state index is 6.26. The fourth-order valence-electron chi connectivity index (χ4n) is 1.84. The van der Waals surface area contributed by atoms with Gasteiger partial charge >= 0.3 is 0 Å². The monoisotopic (exact) mass is 324 g/mol. The first-order valence-electron chi connectivity index (χ1n) is 6.36. The molecule has 0 bridgehead atoms. The summed E-state index contributed by atoms with van der Waals surface area (Å²) in [5.74, 6) is 2.20. The van der Waals surface area contributed by atoms with Crippen LogP contribution in [0.25, 0.3) is 0 Å². The smallest absolute Gasteiger partial charge is 0.123 e. The van der Waals surface area contributed by atoms with Gasteiger partial charge in [0.1, 0.15) is 11.5 Å². The topological polar surface area (TPSA) is 57.4 Å². The van der Waals surface area contributed by atoms with E-state index in [1.165, 1.54) is 0 Å². The molecule has 0 amide bonds. The molecule has 2 N–H and O–H groups in total. The summed E-state index contributed by atoms with van der Waals surface area (Å²) < 4.78 is 10.6. The van der Waals surface area contributed by atoms with E-state index in [1.54, 1.807) is 32.2 Å². The highest BCUT2D eigenvalue weighted by Gasteiger charge is 2.14.